The summed E-state index contributed by atoms with van der Waals surface area (Å²) < 4.78 is 0. The lowest BCUT2D eigenvalue weighted by atomic mass is 9.94. The maximum absolute atomic E-state index is 12.3. The van der Waals surface area contributed by atoms with E-state index in [0.717, 1.165) is 31.4 Å². The van der Waals surface area contributed by atoms with Crippen LogP contribution in [0.25, 0.3) is 0 Å². The van der Waals surface area contributed by atoms with E-state index in [9.17, 15) is 9.59 Å². The second-order valence-corrected chi connectivity index (χ2v) is 6.43. The van der Waals surface area contributed by atoms with Crippen LogP contribution in [0.15, 0.2) is 24.3 Å². The Bertz CT molecular complexity index is 559. The van der Waals surface area contributed by atoms with Crippen LogP contribution in [0, 0.1) is 5.92 Å². The number of rotatable bonds is 4. The molecule has 1 saturated heterocycles. The first kappa shape index (κ1) is 17.3. The summed E-state index contributed by atoms with van der Waals surface area (Å²) in [6.07, 6.45) is 2.86. The third-order valence-electron chi connectivity index (χ3n) is 4.51. The van der Waals surface area contributed by atoms with Gasteiger partial charge in [0.2, 0.25) is 0 Å². The summed E-state index contributed by atoms with van der Waals surface area (Å²) >= 11 is 0. The van der Waals surface area contributed by atoms with Crippen molar-refractivity contribution in [1.29, 1.82) is 0 Å². The van der Waals surface area contributed by atoms with Gasteiger partial charge in [-0.25, -0.2) is 4.79 Å². The Morgan fingerprint density at radius 1 is 1.30 bits per heavy atom. The van der Waals surface area contributed by atoms with Gasteiger partial charge in [0.05, 0.1) is 0 Å². The van der Waals surface area contributed by atoms with Crippen molar-refractivity contribution in [3.8, 4) is 0 Å². The molecule has 2 atom stereocenters. The third-order valence-corrected chi connectivity index (χ3v) is 4.51. The highest BCUT2D eigenvalue weighted by Crippen LogP contribution is 2.21. The minimum absolute atomic E-state index is 0.0202. The van der Waals surface area contributed by atoms with Crippen LogP contribution in [-0.4, -0.2) is 43.0 Å². The van der Waals surface area contributed by atoms with Gasteiger partial charge in [0.25, 0.3) is 5.91 Å². The number of likely N-dealkylation sites (tertiary alicyclic amines) is 1. The average molecular weight is 317 g/mol. The molecule has 0 saturated carbocycles. The molecule has 1 heterocycles. The van der Waals surface area contributed by atoms with Crippen LogP contribution in [0.1, 0.15) is 42.6 Å². The van der Waals surface area contributed by atoms with Gasteiger partial charge in [-0.1, -0.05) is 19.1 Å². The normalized spacial score (nSPS) is 20.9. The van der Waals surface area contributed by atoms with Gasteiger partial charge in [-0.3, -0.25) is 4.79 Å². The highest BCUT2D eigenvalue weighted by Gasteiger charge is 2.26. The Kier molecular flexibility index (Phi) is 6.02. The second-order valence-electron chi connectivity index (χ2n) is 6.43. The molecular formula is C18H27N3O2. The highest BCUT2D eigenvalue weighted by molar-refractivity contribution is 5.94. The molecule has 0 spiro atoms. The number of piperidine rings is 1. The van der Waals surface area contributed by atoms with Gasteiger partial charge in [0.15, 0.2) is 0 Å². The summed E-state index contributed by atoms with van der Waals surface area (Å²) in [5.41, 5.74) is 1.70. The number of nitrogens with one attached hydrogen (secondary N) is 2. The fourth-order valence-corrected chi connectivity index (χ4v) is 3.14. The molecule has 2 N–H and O–H groups in total. The van der Waals surface area contributed by atoms with Crippen molar-refractivity contribution in [3.63, 3.8) is 0 Å². The van der Waals surface area contributed by atoms with E-state index in [1.165, 1.54) is 0 Å². The third kappa shape index (κ3) is 4.71. The Morgan fingerprint density at radius 3 is 2.78 bits per heavy atom. The van der Waals surface area contributed by atoms with Crippen LogP contribution in [0.2, 0.25) is 0 Å². The first-order chi connectivity index (χ1) is 11.0. The molecule has 5 heteroatoms. The van der Waals surface area contributed by atoms with E-state index in [2.05, 4.69) is 24.5 Å². The number of nitrogens with zero attached hydrogens (tertiary/aromatic N) is 1. The Labute approximate surface area is 138 Å². The molecule has 0 radical (unpaired) electrons. The predicted octanol–water partition coefficient (Wildman–Crippen LogP) is 2.42. The van der Waals surface area contributed by atoms with Gasteiger partial charge in [-0.15, -0.1) is 0 Å². The van der Waals surface area contributed by atoms with Gasteiger partial charge in [0, 0.05) is 31.7 Å². The largest absolute Gasteiger partial charge is 0.355 e. The molecule has 0 aromatic heterocycles. The minimum Gasteiger partial charge on any atom is -0.355 e. The van der Waals surface area contributed by atoms with E-state index >= 15 is 0 Å². The number of carbonyl (C=O) groups is 2. The van der Waals surface area contributed by atoms with Crippen molar-refractivity contribution in [2.75, 3.05) is 20.1 Å². The first-order valence-corrected chi connectivity index (χ1v) is 8.36. The van der Waals surface area contributed by atoms with Crippen molar-refractivity contribution in [2.45, 2.75) is 39.2 Å². The smallest absolute Gasteiger partial charge is 0.317 e. The molecule has 126 valence electrons. The van der Waals surface area contributed by atoms with Crippen LogP contribution in [0.4, 0.5) is 4.79 Å². The van der Waals surface area contributed by atoms with Crippen molar-refractivity contribution < 1.29 is 9.59 Å². The molecule has 1 fully saturated rings. The Hall–Kier alpha value is -2.04. The molecule has 3 amide bonds. The van der Waals surface area contributed by atoms with E-state index in [4.69, 9.17) is 0 Å². The lowest BCUT2D eigenvalue weighted by molar-refractivity contribution is 0.0963. The number of amides is 3. The summed E-state index contributed by atoms with van der Waals surface area (Å²) in [7, 11) is 1.62. The number of carbonyl (C=O) groups excluding carboxylic acids is 2. The van der Waals surface area contributed by atoms with Crippen LogP contribution < -0.4 is 10.6 Å². The number of urea groups is 1. The zero-order valence-electron chi connectivity index (χ0n) is 14.3. The van der Waals surface area contributed by atoms with Crippen LogP contribution >= 0.6 is 0 Å². The van der Waals surface area contributed by atoms with Gasteiger partial charge >= 0.3 is 6.03 Å². The zero-order valence-corrected chi connectivity index (χ0v) is 14.3. The lowest BCUT2D eigenvalue weighted by Gasteiger charge is -2.36. The van der Waals surface area contributed by atoms with Crippen LogP contribution in [-0.2, 0) is 6.42 Å². The van der Waals surface area contributed by atoms with Crippen molar-refractivity contribution >= 4 is 11.9 Å². The highest BCUT2D eigenvalue weighted by atomic mass is 16.2. The van der Waals surface area contributed by atoms with Gasteiger partial charge in [-0.05, 0) is 49.8 Å². The quantitative estimate of drug-likeness (QED) is 0.896. The SMILES string of the molecule is CNC(=O)c1cccc(CCNC(=O)N2CCC(C)CC2C)c1. The monoisotopic (exact) mass is 317 g/mol. The number of benzene rings is 1. The van der Waals surface area contributed by atoms with Crippen LogP contribution in [0.3, 0.4) is 0 Å². The molecule has 2 rings (SSSR count). The van der Waals surface area contributed by atoms with Crippen molar-refractivity contribution in [3.05, 3.63) is 35.4 Å². The molecule has 1 aliphatic heterocycles. The molecule has 23 heavy (non-hydrogen) atoms. The topological polar surface area (TPSA) is 61.4 Å². The maximum Gasteiger partial charge on any atom is 0.317 e. The summed E-state index contributed by atoms with van der Waals surface area (Å²) in [6.45, 7) is 5.77. The minimum atomic E-state index is -0.0906. The van der Waals surface area contributed by atoms with Gasteiger partial charge in [0.1, 0.15) is 0 Å². The molecule has 1 aromatic carbocycles. The van der Waals surface area contributed by atoms with E-state index in [1.54, 1.807) is 13.1 Å². The Morgan fingerprint density at radius 2 is 2.09 bits per heavy atom. The van der Waals surface area contributed by atoms with E-state index < -0.39 is 0 Å². The standard InChI is InChI=1S/C18H27N3O2/c1-13-8-10-21(14(2)11-13)18(23)20-9-7-15-5-4-6-16(12-15)17(22)19-3/h4-6,12-14H,7-11H2,1-3H3,(H,19,22)(H,20,23). The first-order valence-electron chi connectivity index (χ1n) is 8.36. The number of hydrogen-bond donors (Lipinski definition) is 2. The van der Waals surface area contributed by atoms with Crippen molar-refractivity contribution in [2.24, 2.45) is 5.92 Å². The second kappa shape index (κ2) is 7.99. The van der Waals surface area contributed by atoms with Gasteiger partial charge < -0.3 is 15.5 Å². The summed E-state index contributed by atoms with van der Waals surface area (Å²) in [4.78, 5) is 25.8. The fraction of sp³-hybridized carbons (Fsp3) is 0.556. The predicted molar refractivity (Wildman–Crippen MR) is 91.5 cm³/mol. The molecule has 2 unspecified atom stereocenters. The van der Waals surface area contributed by atoms with E-state index in [1.807, 2.05) is 23.1 Å². The van der Waals surface area contributed by atoms with E-state index in [-0.39, 0.29) is 11.9 Å². The lowest BCUT2D eigenvalue weighted by Crippen LogP contribution is -2.49. The fourth-order valence-electron chi connectivity index (χ4n) is 3.14. The zero-order chi connectivity index (χ0) is 16.8. The molecule has 1 aliphatic rings. The molecule has 0 aliphatic carbocycles. The maximum atomic E-state index is 12.3. The summed E-state index contributed by atoms with van der Waals surface area (Å²) in [5.74, 6) is 0.605. The Balaban J connectivity index is 1.83. The summed E-state index contributed by atoms with van der Waals surface area (Å²) in [5, 5.41) is 5.61. The molecule has 1 aromatic rings. The van der Waals surface area contributed by atoms with Gasteiger partial charge in [-0.2, -0.15) is 0 Å². The summed E-state index contributed by atoms with van der Waals surface area (Å²) in [6, 6.07) is 7.83. The van der Waals surface area contributed by atoms with Crippen molar-refractivity contribution in [1.82, 2.24) is 15.5 Å². The molecule has 5 nitrogen and oxygen atoms in total. The number of hydrogen-bond acceptors (Lipinski definition) is 2. The van der Waals surface area contributed by atoms with Crippen LogP contribution in [0.5, 0.6) is 0 Å². The van der Waals surface area contributed by atoms with E-state index in [0.29, 0.717) is 24.1 Å². The average Bonchev–Trinajstić information content (AvgIpc) is 2.54. The molecular weight excluding hydrogens is 290 g/mol. The molecule has 0 bridgehead atoms.